The van der Waals surface area contributed by atoms with Gasteiger partial charge in [-0.2, -0.15) is 13.2 Å². The third kappa shape index (κ3) is 4.65. The van der Waals surface area contributed by atoms with Crippen LogP contribution in [0.4, 0.5) is 13.2 Å². The van der Waals surface area contributed by atoms with E-state index in [0.29, 0.717) is 26.7 Å². The number of hydrogen-bond donors (Lipinski definition) is 0. The molecule has 31 heavy (non-hydrogen) atoms. The molecule has 0 unspecified atom stereocenters. The summed E-state index contributed by atoms with van der Waals surface area (Å²) in [4.78, 5) is 24.5. The van der Waals surface area contributed by atoms with E-state index in [0.717, 1.165) is 24.6 Å². The van der Waals surface area contributed by atoms with Crippen molar-refractivity contribution in [1.29, 1.82) is 0 Å². The summed E-state index contributed by atoms with van der Waals surface area (Å²) in [6, 6.07) is 12.2. The van der Waals surface area contributed by atoms with E-state index in [9.17, 15) is 22.8 Å². The largest absolute Gasteiger partial charge is 0.496 e. The molecule has 1 aromatic heterocycles. The second-order valence-corrected chi connectivity index (χ2v) is 6.82. The number of nitrogens with zero attached hydrogens (tertiary/aromatic N) is 2. The minimum absolute atomic E-state index is 0.136. The first-order valence-electron chi connectivity index (χ1n) is 9.45. The summed E-state index contributed by atoms with van der Waals surface area (Å²) in [5.74, 6) is 1.16. The van der Waals surface area contributed by atoms with Crippen molar-refractivity contribution >= 4 is 0 Å². The fourth-order valence-corrected chi connectivity index (χ4v) is 3.12. The quantitative estimate of drug-likeness (QED) is 0.594. The third-order valence-corrected chi connectivity index (χ3v) is 4.86. The number of benzene rings is 2. The Morgan fingerprint density at radius 3 is 2.26 bits per heavy atom. The predicted octanol–water partition coefficient (Wildman–Crippen LogP) is 3.71. The maximum absolute atomic E-state index is 13.0. The van der Waals surface area contributed by atoms with Gasteiger partial charge in [0.2, 0.25) is 0 Å². The van der Waals surface area contributed by atoms with Gasteiger partial charge in [0.25, 0.3) is 5.56 Å². The SMILES string of the molecule is CCc1ccc(COc2ccc(-n3c(=O)cc(C(F)(F)F)n(C)c3=O)cc2)c(OC)c1. The highest BCUT2D eigenvalue weighted by Crippen LogP contribution is 2.27. The summed E-state index contributed by atoms with van der Waals surface area (Å²) in [7, 11) is 2.55. The van der Waals surface area contributed by atoms with Crippen LogP contribution in [0, 0.1) is 0 Å². The van der Waals surface area contributed by atoms with Crippen LogP contribution in [0.3, 0.4) is 0 Å². The Morgan fingerprint density at radius 1 is 1.00 bits per heavy atom. The zero-order valence-electron chi connectivity index (χ0n) is 17.2. The van der Waals surface area contributed by atoms with Gasteiger partial charge in [-0.1, -0.05) is 19.1 Å². The Labute approximate surface area is 176 Å². The second-order valence-electron chi connectivity index (χ2n) is 6.82. The van der Waals surface area contributed by atoms with Crippen molar-refractivity contribution in [1.82, 2.24) is 9.13 Å². The van der Waals surface area contributed by atoms with E-state index in [-0.39, 0.29) is 12.3 Å². The van der Waals surface area contributed by atoms with Crippen LogP contribution in [0.1, 0.15) is 23.7 Å². The van der Waals surface area contributed by atoms with Crippen molar-refractivity contribution in [3.05, 3.63) is 86.2 Å². The van der Waals surface area contributed by atoms with Gasteiger partial charge >= 0.3 is 11.9 Å². The molecule has 0 aliphatic heterocycles. The zero-order chi connectivity index (χ0) is 22.8. The van der Waals surface area contributed by atoms with E-state index in [1.54, 1.807) is 7.11 Å². The molecule has 0 atom stereocenters. The van der Waals surface area contributed by atoms with Crippen LogP contribution in [0.2, 0.25) is 0 Å². The Morgan fingerprint density at radius 2 is 1.68 bits per heavy atom. The summed E-state index contributed by atoms with van der Waals surface area (Å²) >= 11 is 0. The van der Waals surface area contributed by atoms with Crippen LogP contribution in [-0.4, -0.2) is 16.2 Å². The fourth-order valence-electron chi connectivity index (χ4n) is 3.12. The molecule has 164 valence electrons. The number of methoxy groups -OCH3 is 1. The van der Waals surface area contributed by atoms with Gasteiger partial charge in [0.1, 0.15) is 23.8 Å². The van der Waals surface area contributed by atoms with Gasteiger partial charge in [-0.25, -0.2) is 9.36 Å². The van der Waals surface area contributed by atoms with Crippen molar-refractivity contribution in [3.63, 3.8) is 0 Å². The van der Waals surface area contributed by atoms with Gasteiger partial charge in [0, 0.05) is 18.7 Å². The van der Waals surface area contributed by atoms with Gasteiger partial charge < -0.3 is 9.47 Å². The van der Waals surface area contributed by atoms with Crippen LogP contribution in [0.5, 0.6) is 11.5 Å². The van der Waals surface area contributed by atoms with Crippen LogP contribution in [0.25, 0.3) is 5.69 Å². The molecule has 0 saturated heterocycles. The molecule has 0 bridgehead atoms. The van der Waals surface area contributed by atoms with E-state index in [4.69, 9.17) is 9.47 Å². The van der Waals surface area contributed by atoms with E-state index in [1.165, 1.54) is 24.3 Å². The van der Waals surface area contributed by atoms with Crippen molar-refractivity contribution in [2.24, 2.45) is 7.05 Å². The van der Waals surface area contributed by atoms with E-state index >= 15 is 0 Å². The Bertz CT molecular complexity index is 1200. The molecule has 0 spiro atoms. The highest BCUT2D eigenvalue weighted by Gasteiger charge is 2.35. The minimum Gasteiger partial charge on any atom is -0.496 e. The van der Waals surface area contributed by atoms with Crippen molar-refractivity contribution in [3.8, 4) is 17.2 Å². The summed E-state index contributed by atoms with van der Waals surface area (Å²) in [5.41, 5.74) is -1.34. The molecule has 0 radical (unpaired) electrons. The van der Waals surface area contributed by atoms with Crippen LogP contribution < -0.4 is 20.7 Å². The molecule has 3 aromatic rings. The Balaban J connectivity index is 1.84. The molecule has 6 nitrogen and oxygen atoms in total. The number of aryl methyl sites for hydroxylation is 1. The summed E-state index contributed by atoms with van der Waals surface area (Å²) in [6.07, 6.45) is -3.93. The van der Waals surface area contributed by atoms with Crippen LogP contribution >= 0.6 is 0 Å². The topological polar surface area (TPSA) is 62.5 Å². The monoisotopic (exact) mass is 434 g/mol. The molecular formula is C22H21F3N2O4. The normalized spacial score (nSPS) is 11.4. The number of hydrogen-bond acceptors (Lipinski definition) is 4. The molecule has 0 N–H and O–H groups in total. The van der Waals surface area contributed by atoms with Crippen LogP contribution in [-0.2, 0) is 26.3 Å². The molecule has 1 heterocycles. The average molecular weight is 434 g/mol. The lowest BCUT2D eigenvalue weighted by molar-refractivity contribution is -0.144. The smallest absolute Gasteiger partial charge is 0.431 e. The highest BCUT2D eigenvalue weighted by atomic mass is 19.4. The molecule has 0 amide bonds. The summed E-state index contributed by atoms with van der Waals surface area (Å²) in [6.45, 7) is 2.27. The number of aromatic nitrogens is 2. The van der Waals surface area contributed by atoms with Gasteiger partial charge in [-0.3, -0.25) is 9.36 Å². The lowest BCUT2D eigenvalue weighted by Crippen LogP contribution is -2.40. The first-order valence-corrected chi connectivity index (χ1v) is 9.45. The van der Waals surface area contributed by atoms with Gasteiger partial charge in [-0.15, -0.1) is 0 Å². The lowest BCUT2D eigenvalue weighted by atomic mass is 10.1. The molecule has 0 fully saturated rings. The number of rotatable bonds is 6. The minimum atomic E-state index is -4.81. The van der Waals surface area contributed by atoms with E-state index in [1.807, 2.05) is 25.1 Å². The first kappa shape index (κ1) is 22.2. The molecule has 9 heteroatoms. The molecule has 0 aliphatic rings. The maximum atomic E-state index is 13.0. The van der Waals surface area contributed by atoms with Gasteiger partial charge in [-0.05, 0) is 42.3 Å². The van der Waals surface area contributed by atoms with E-state index in [2.05, 4.69) is 0 Å². The predicted molar refractivity (Wildman–Crippen MR) is 109 cm³/mol. The van der Waals surface area contributed by atoms with Gasteiger partial charge in [0.15, 0.2) is 0 Å². The molecule has 0 saturated carbocycles. The number of halogens is 3. The standard InChI is InChI=1S/C22H21F3N2O4/c1-4-14-5-6-15(18(11-14)30-3)13-31-17-9-7-16(8-10-17)27-20(28)12-19(22(23,24)25)26(2)21(27)29/h5-12H,4,13H2,1-3H3. The second kappa shape index (κ2) is 8.71. The number of alkyl halides is 3. The zero-order valence-corrected chi connectivity index (χ0v) is 17.2. The molecular weight excluding hydrogens is 413 g/mol. The van der Waals surface area contributed by atoms with Gasteiger partial charge in [0.05, 0.1) is 12.8 Å². The number of ether oxygens (including phenoxy) is 2. The van der Waals surface area contributed by atoms with Crippen LogP contribution in [0.15, 0.2) is 58.1 Å². The Kier molecular flexibility index (Phi) is 6.24. The third-order valence-electron chi connectivity index (χ3n) is 4.86. The van der Waals surface area contributed by atoms with Crippen molar-refractivity contribution in [2.45, 2.75) is 26.1 Å². The Hall–Kier alpha value is -3.49. The van der Waals surface area contributed by atoms with Crippen molar-refractivity contribution < 1.29 is 22.6 Å². The first-order chi connectivity index (χ1) is 14.7. The summed E-state index contributed by atoms with van der Waals surface area (Å²) in [5, 5.41) is 0. The fraction of sp³-hybridized carbons (Fsp3) is 0.273. The molecule has 0 aliphatic carbocycles. The lowest BCUT2D eigenvalue weighted by Gasteiger charge is -2.14. The average Bonchev–Trinajstić information content (AvgIpc) is 2.74. The maximum Gasteiger partial charge on any atom is 0.431 e. The van der Waals surface area contributed by atoms with E-state index < -0.39 is 23.1 Å². The summed E-state index contributed by atoms with van der Waals surface area (Å²) < 4.78 is 51.2. The van der Waals surface area contributed by atoms with Crippen molar-refractivity contribution in [2.75, 3.05) is 7.11 Å². The molecule has 3 rings (SSSR count). The molecule has 2 aromatic carbocycles. The highest BCUT2D eigenvalue weighted by molar-refractivity contribution is 5.40.